The Labute approximate surface area is 453 Å². The Morgan fingerprint density at radius 1 is 0.244 bits per heavy atom. The molecule has 78 heavy (non-hydrogen) atoms. The number of fused-ring (bicyclic) bond motifs is 10. The molecule has 1 aromatic heterocycles. The summed E-state index contributed by atoms with van der Waals surface area (Å²) in [4.78, 5) is 5.11. The van der Waals surface area contributed by atoms with E-state index >= 15 is 0 Å². The van der Waals surface area contributed by atoms with Gasteiger partial charge in [-0.2, -0.15) is 0 Å². The summed E-state index contributed by atoms with van der Waals surface area (Å²) in [5.41, 5.74) is 23.6. The highest BCUT2D eigenvalue weighted by Gasteiger charge is 2.44. The van der Waals surface area contributed by atoms with Crippen LogP contribution in [-0.4, -0.2) is 11.3 Å². The molecule has 0 spiro atoms. The van der Waals surface area contributed by atoms with Crippen LogP contribution in [0, 0.1) is 0 Å². The van der Waals surface area contributed by atoms with Gasteiger partial charge in [0.25, 0.3) is 6.71 Å². The highest BCUT2D eigenvalue weighted by molar-refractivity contribution is 7.00. The Kier molecular flexibility index (Phi) is 10.0. The second-order valence-corrected chi connectivity index (χ2v) is 20.8. The number of nitrogens with zero attached hydrogens (tertiary/aromatic N) is 3. The first kappa shape index (κ1) is 44.2. The maximum atomic E-state index is 2.57. The molecule has 14 aromatic rings. The van der Waals surface area contributed by atoms with E-state index in [1.807, 2.05) is 0 Å². The topological polar surface area (TPSA) is 11.4 Å². The van der Waals surface area contributed by atoms with Crippen molar-refractivity contribution < 1.29 is 0 Å². The van der Waals surface area contributed by atoms with E-state index in [1.54, 1.807) is 0 Å². The van der Waals surface area contributed by atoms with Crippen molar-refractivity contribution in [1.82, 2.24) is 4.57 Å². The summed E-state index contributed by atoms with van der Waals surface area (Å²) in [5.74, 6) is 0. The molecule has 2 aliphatic rings. The highest BCUT2D eigenvalue weighted by Crippen LogP contribution is 2.48. The number of anilines is 6. The minimum atomic E-state index is -0.121. The first-order valence-electron chi connectivity index (χ1n) is 27.0. The lowest BCUT2D eigenvalue weighted by Crippen LogP contribution is -2.61. The standard InChI is InChI=1S/C74H48BN3/c1-5-17-49(18-6-1)53-29-36-60(37-30-53)76-68-41-34-58(51-21-9-3-10-22-51)44-66(68)75-67-45-59(52-23-11-4-12-24-52)35-42-69(67)77(61-38-31-54(32-39-61)50-19-7-2-8-20-50)72-48-62(47-71(76)73(72)75)78-70-46-57-27-14-13-26-56(57)43-65(70)64-40-33-55-25-15-16-28-63(55)74(64)78/h1-48H. The molecule has 0 atom stereocenters. The monoisotopic (exact) mass is 989 g/mol. The molecule has 0 saturated heterocycles. The molecule has 0 amide bonds. The Balaban J connectivity index is 1.04. The maximum absolute atomic E-state index is 2.57. The zero-order valence-corrected chi connectivity index (χ0v) is 42.6. The Bertz CT molecular complexity index is 4450. The first-order chi connectivity index (χ1) is 38.7. The first-order valence-corrected chi connectivity index (χ1v) is 27.0. The molecular weight excluding hydrogens is 942 g/mol. The van der Waals surface area contributed by atoms with Crippen molar-refractivity contribution in [3.63, 3.8) is 0 Å². The average Bonchev–Trinajstić information content (AvgIpc) is 3.91. The molecule has 362 valence electrons. The van der Waals surface area contributed by atoms with Crippen molar-refractivity contribution in [1.29, 1.82) is 0 Å². The van der Waals surface area contributed by atoms with Crippen LogP contribution < -0.4 is 26.2 Å². The largest absolute Gasteiger partial charge is 0.311 e. The lowest BCUT2D eigenvalue weighted by Gasteiger charge is -2.44. The number of hydrogen-bond acceptors (Lipinski definition) is 2. The highest BCUT2D eigenvalue weighted by atomic mass is 15.2. The molecule has 0 unspecified atom stereocenters. The Morgan fingerprint density at radius 3 is 1.15 bits per heavy atom. The van der Waals surface area contributed by atoms with Crippen molar-refractivity contribution >= 4 is 101 Å². The summed E-state index contributed by atoms with van der Waals surface area (Å²) in [6.45, 7) is -0.121. The van der Waals surface area contributed by atoms with Gasteiger partial charge in [-0.1, -0.05) is 231 Å². The fourth-order valence-corrected chi connectivity index (χ4v) is 12.9. The predicted molar refractivity (Wildman–Crippen MR) is 332 cm³/mol. The molecule has 16 rings (SSSR count). The maximum Gasteiger partial charge on any atom is 0.252 e. The minimum absolute atomic E-state index is 0.121. The van der Waals surface area contributed by atoms with E-state index in [2.05, 4.69) is 306 Å². The van der Waals surface area contributed by atoms with Crippen LogP contribution in [0.2, 0.25) is 0 Å². The van der Waals surface area contributed by atoms with Crippen LogP contribution in [-0.2, 0) is 0 Å². The Hall–Kier alpha value is -10.2. The van der Waals surface area contributed by atoms with Crippen molar-refractivity contribution in [2.45, 2.75) is 0 Å². The SMILES string of the molecule is c1ccc(-c2ccc(N3c4ccc(-c5ccccc5)cc4B4c5cc(-c6ccccc6)ccc5N(c5ccc(-c6ccccc6)cc5)c5cc(-n6c7cc8ccccc8cc7c7ccc8ccccc8c76)cc3c54)cc2)cc1. The summed E-state index contributed by atoms with van der Waals surface area (Å²) < 4.78 is 2.57. The van der Waals surface area contributed by atoms with Gasteiger partial charge in [-0.05, 0) is 138 Å². The molecule has 3 heterocycles. The molecule has 4 heteroatoms. The summed E-state index contributed by atoms with van der Waals surface area (Å²) in [6.07, 6.45) is 0. The Morgan fingerprint density at radius 2 is 0.654 bits per heavy atom. The van der Waals surface area contributed by atoms with Gasteiger partial charge in [0.15, 0.2) is 0 Å². The third-order valence-electron chi connectivity index (χ3n) is 16.5. The van der Waals surface area contributed by atoms with E-state index in [4.69, 9.17) is 0 Å². The van der Waals surface area contributed by atoms with Crippen LogP contribution in [0.4, 0.5) is 34.1 Å². The van der Waals surface area contributed by atoms with E-state index in [0.29, 0.717) is 0 Å². The van der Waals surface area contributed by atoms with Crippen LogP contribution in [0.25, 0.3) is 93.5 Å². The number of aromatic nitrogens is 1. The smallest absolute Gasteiger partial charge is 0.252 e. The van der Waals surface area contributed by atoms with Crippen LogP contribution >= 0.6 is 0 Å². The molecule has 0 saturated carbocycles. The molecule has 3 nitrogen and oxygen atoms in total. The summed E-state index contributed by atoms with van der Waals surface area (Å²) in [6, 6.07) is 108. The zero-order chi connectivity index (χ0) is 51.3. The van der Waals surface area contributed by atoms with Crippen LogP contribution in [0.3, 0.4) is 0 Å². The number of rotatable bonds is 7. The number of hydrogen-bond donors (Lipinski definition) is 0. The van der Waals surface area contributed by atoms with Crippen LogP contribution in [0.1, 0.15) is 0 Å². The fourth-order valence-electron chi connectivity index (χ4n) is 12.9. The van der Waals surface area contributed by atoms with Gasteiger partial charge in [0, 0.05) is 50.3 Å². The van der Waals surface area contributed by atoms with Gasteiger partial charge in [-0.15, -0.1) is 0 Å². The van der Waals surface area contributed by atoms with E-state index in [9.17, 15) is 0 Å². The van der Waals surface area contributed by atoms with Gasteiger partial charge in [-0.25, -0.2) is 0 Å². The number of benzene rings is 13. The van der Waals surface area contributed by atoms with Crippen molar-refractivity contribution in [3.8, 4) is 50.2 Å². The third-order valence-corrected chi connectivity index (χ3v) is 16.5. The molecular formula is C74H48BN3. The molecule has 0 radical (unpaired) electrons. The summed E-state index contributed by atoms with van der Waals surface area (Å²) in [7, 11) is 0. The van der Waals surface area contributed by atoms with E-state index in [1.165, 1.54) is 104 Å². The lowest BCUT2D eigenvalue weighted by atomic mass is 9.33. The average molecular weight is 990 g/mol. The van der Waals surface area contributed by atoms with Crippen LogP contribution in [0.5, 0.6) is 0 Å². The van der Waals surface area contributed by atoms with Gasteiger partial charge in [0.05, 0.1) is 16.7 Å². The molecule has 0 aliphatic carbocycles. The van der Waals surface area contributed by atoms with Gasteiger partial charge < -0.3 is 14.4 Å². The molecule has 0 N–H and O–H groups in total. The zero-order valence-electron chi connectivity index (χ0n) is 42.6. The normalized spacial score (nSPS) is 12.5. The molecule has 2 aliphatic heterocycles. The van der Waals surface area contributed by atoms with Crippen LogP contribution in [0.15, 0.2) is 291 Å². The summed E-state index contributed by atoms with van der Waals surface area (Å²) >= 11 is 0. The predicted octanol–water partition coefficient (Wildman–Crippen LogP) is 17.8. The second-order valence-electron chi connectivity index (χ2n) is 20.8. The van der Waals surface area contributed by atoms with Crippen molar-refractivity contribution in [2.24, 2.45) is 0 Å². The third kappa shape index (κ3) is 7.00. The summed E-state index contributed by atoms with van der Waals surface area (Å²) in [5, 5.41) is 7.34. The molecule has 0 bridgehead atoms. The van der Waals surface area contributed by atoms with Gasteiger partial charge in [0.2, 0.25) is 0 Å². The van der Waals surface area contributed by atoms with E-state index in [-0.39, 0.29) is 6.71 Å². The lowest BCUT2D eigenvalue weighted by molar-refractivity contribution is 1.17. The van der Waals surface area contributed by atoms with E-state index in [0.717, 1.165) is 39.8 Å². The molecule has 0 fully saturated rings. The minimum Gasteiger partial charge on any atom is -0.311 e. The van der Waals surface area contributed by atoms with E-state index < -0.39 is 0 Å². The van der Waals surface area contributed by atoms with Crippen molar-refractivity contribution in [3.05, 3.63) is 291 Å². The van der Waals surface area contributed by atoms with Gasteiger partial charge >= 0.3 is 0 Å². The van der Waals surface area contributed by atoms with Gasteiger partial charge in [0.1, 0.15) is 0 Å². The van der Waals surface area contributed by atoms with Gasteiger partial charge in [-0.3, -0.25) is 0 Å². The second kappa shape index (κ2) is 17.7. The molecule has 13 aromatic carbocycles. The fraction of sp³-hybridized carbons (Fsp3) is 0. The quantitative estimate of drug-likeness (QED) is 0.147. The van der Waals surface area contributed by atoms with Crippen molar-refractivity contribution in [2.75, 3.05) is 9.80 Å².